The zero-order chi connectivity index (χ0) is 13.0. The van der Waals surface area contributed by atoms with Crippen LogP contribution in [-0.4, -0.2) is 47.2 Å². The molecule has 0 aromatic carbocycles. The molecule has 0 aliphatic carbocycles. The number of carbonyl (C=O) groups is 2. The molecule has 0 radical (unpaired) electrons. The smallest absolute Gasteiger partial charge is 0.312 e. The molecule has 1 unspecified atom stereocenters. The minimum Gasteiger partial charge on any atom is -0.391 e. The molecule has 3 amide bonds. The highest BCUT2D eigenvalue weighted by Crippen LogP contribution is 2.13. The number of amides is 3. The van der Waals surface area contributed by atoms with Crippen molar-refractivity contribution in [2.24, 2.45) is 11.7 Å². The summed E-state index contributed by atoms with van der Waals surface area (Å²) in [5.74, 6) is 0.123. The number of aliphatic hydroxyl groups is 1. The van der Waals surface area contributed by atoms with Crippen LogP contribution in [0.3, 0.4) is 0 Å². The minimum absolute atomic E-state index is 0.158. The molecule has 6 nitrogen and oxygen atoms in total. The number of urea groups is 1. The lowest BCUT2D eigenvalue weighted by atomic mass is 10.0. The predicted octanol–water partition coefficient (Wildman–Crippen LogP) is -0.337. The van der Waals surface area contributed by atoms with E-state index in [0.29, 0.717) is 25.9 Å². The fourth-order valence-electron chi connectivity index (χ4n) is 2.03. The SMILES string of the molecule is CC(C)CC(NC(N)=O)C(=O)N1CC[C@@H](O)C1. The average Bonchev–Trinajstić information content (AvgIpc) is 2.61. The number of carbonyl (C=O) groups excluding carboxylic acids is 2. The second kappa shape index (κ2) is 5.86. The van der Waals surface area contributed by atoms with Gasteiger partial charge < -0.3 is 21.1 Å². The molecule has 0 aromatic rings. The Kier molecular flexibility index (Phi) is 4.74. The number of rotatable bonds is 4. The molecule has 1 fully saturated rings. The molecule has 0 aromatic heterocycles. The first-order valence-corrected chi connectivity index (χ1v) is 5.93. The fraction of sp³-hybridized carbons (Fsp3) is 0.818. The van der Waals surface area contributed by atoms with Gasteiger partial charge in [-0.25, -0.2) is 4.79 Å². The summed E-state index contributed by atoms with van der Waals surface area (Å²) in [6.45, 7) is 4.83. The molecule has 0 spiro atoms. The quantitative estimate of drug-likeness (QED) is 0.630. The van der Waals surface area contributed by atoms with Crippen molar-refractivity contribution in [3.63, 3.8) is 0 Å². The molecule has 98 valence electrons. The summed E-state index contributed by atoms with van der Waals surface area (Å²) in [5.41, 5.74) is 5.06. The van der Waals surface area contributed by atoms with Crippen LogP contribution in [0.1, 0.15) is 26.7 Å². The highest BCUT2D eigenvalue weighted by atomic mass is 16.3. The maximum absolute atomic E-state index is 12.1. The maximum Gasteiger partial charge on any atom is 0.312 e. The first-order valence-electron chi connectivity index (χ1n) is 5.93. The molecule has 2 atom stereocenters. The maximum atomic E-state index is 12.1. The van der Waals surface area contributed by atoms with Gasteiger partial charge in [0.25, 0.3) is 0 Å². The molecule has 1 heterocycles. The van der Waals surface area contributed by atoms with E-state index >= 15 is 0 Å². The number of hydrogen-bond donors (Lipinski definition) is 3. The molecule has 4 N–H and O–H groups in total. The van der Waals surface area contributed by atoms with E-state index in [4.69, 9.17) is 5.73 Å². The van der Waals surface area contributed by atoms with Crippen LogP contribution in [-0.2, 0) is 4.79 Å². The Hall–Kier alpha value is -1.30. The molecule has 1 aliphatic heterocycles. The highest BCUT2D eigenvalue weighted by Gasteiger charge is 2.30. The molecule has 0 saturated carbocycles. The van der Waals surface area contributed by atoms with Crippen molar-refractivity contribution in [3.05, 3.63) is 0 Å². The summed E-state index contributed by atoms with van der Waals surface area (Å²) in [6.07, 6.45) is 0.692. The molecular weight excluding hydrogens is 222 g/mol. The van der Waals surface area contributed by atoms with Gasteiger partial charge in [0, 0.05) is 13.1 Å². The van der Waals surface area contributed by atoms with Crippen LogP contribution in [0.15, 0.2) is 0 Å². The Morgan fingerprint density at radius 3 is 2.59 bits per heavy atom. The molecule has 17 heavy (non-hydrogen) atoms. The number of nitrogens with zero attached hydrogens (tertiary/aromatic N) is 1. The average molecular weight is 243 g/mol. The number of aliphatic hydroxyl groups excluding tert-OH is 1. The zero-order valence-corrected chi connectivity index (χ0v) is 10.3. The summed E-state index contributed by atoms with van der Waals surface area (Å²) in [7, 11) is 0. The number of nitrogens with one attached hydrogen (secondary N) is 1. The lowest BCUT2D eigenvalue weighted by Gasteiger charge is -2.24. The Bertz CT molecular complexity index is 294. The van der Waals surface area contributed by atoms with E-state index in [9.17, 15) is 14.7 Å². The van der Waals surface area contributed by atoms with Crippen molar-refractivity contribution < 1.29 is 14.7 Å². The van der Waals surface area contributed by atoms with Crippen LogP contribution < -0.4 is 11.1 Å². The minimum atomic E-state index is -0.691. The second-order valence-electron chi connectivity index (χ2n) is 4.92. The number of likely N-dealkylation sites (tertiary alicyclic amines) is 1. The zero-order valence-electron chi connectivity index (χ0n) is 10.3. The van der Waals surface area contributed by atoms with E-state index < -0.39 is 18.2 Å². The van der Waals surface area contributed by atoms with Gasteiger partial charge in [0.1, 0.15) is 6.04 Å². The van der Waals surface area contributed by atoms with E-state index in [1.54, 1.807) is 4.90 Å². The number of nitrogens with two attached hydrogens (primary N) is 1. The molecule has 1 rings (SSSR count). The second-order valence-corrected chi connectivity index (χ2v) is 4.92. The van der Waals surface area contributed by atoms with E-state index in [1.165, 1.54) is 0 Å². The van der Waals surface area contributed by atoms with Crippen molar-refractivity contribution >= 4 is 11.9 Å². The van der Waals surface area contributed by atoms with Crippen LogP contribution in [0, 0.1) is 5.92 Å². The molecule has 1 saturated heterocycles. The fourth-order valence-corrected chi connectivity index (χ4v) is 2.03. The summed E-state index contributed by atoms with van der Waals surface area (Å²) >= 11 is 0. The Morgan fingerprint density at radius 2 is 2.18 bits per heavy atom. The lowest BCUT2D eigenvalue weighted by molar-refractivity contribution is -0.132. The van der Waals surface area contributed by atoms with Gasteiger partial charge in [0.2, 0.25) is 5.91 Å². The predicted molar refractivity (Wildman–Crippen MR) is 63.2 cm³/mol. The van der Waals surface area contributed by atoms with Crippen LogP contribution in [0.4, 0.5) is 4.79 Å². The van der Waals surface area contributed by atoms with E-state index in [1.807, 2.05) is 13.8 Å². The van der Waals surface area contributed by atoms with Crippen molar-refractivity contribution in [3.8, 4) is 0 Å². The third kappa shape index (κ3) is 4.22. The standard InChI is InChI=1S/C11H21N3O3/c1-7(2)5-9(13-11(12)17)10(16)14-4-3-8(15)6-14/h7-9,15H,3-6H2,1-2H3,(H3,12,13,17)/t8-,9?/m1/s1. The van der Waals surface area contributed by atoms with Crippen molar-refractivity contribution in [2.75, 3.05) is 13.1 Å². The molecular formula is C11H21N3O3. The Balaban J connectivity index is 2.61. The van der Waals surface area contributed by atoms with Gasteiger partial charge in [-0.05, 0) is 18.8 Å². The van der Waals surface area contributed by atoms with Crippen LogP contribution in [0.2, 0.25) is 0 Å². The normalized spacial score (nSPS) is 21.6. The van der Waals surface area contributed by atoms with Gasteiger partial charge in [0.05, 0.1) is 6.10 Å². The van der Waals surface area contributed by atoms with Gasteiger partial charge >= 0.3 is 6.03 Å². The summed E-state index contributed by atoms with van der Waals surface area (Å²) in [4.78, 5) is 24.5. The van der Waals surface area contributed by atoms with Crippen molar-refractivity contribution in [1.29, 1.82) is 0 Å². The number of primary amides is 1. The molecule has 1 aliphatic rings. The van der Waals surface area contributed by atoms with Gasteiger partial charge in [-0.1, -0.05) is 13.8 Å². The van der Waals surface area contributed by atoms with E-state index in [0.717, 1.165) is 0 Å². The Morgan fingerprint density at radius 1 is 1.53 bits per heavy atom. The van der Waals surface area contributed by atoms with Gasteiger partial charge in [-0.2, -0.15) is 0 Å². The topological polar surface area (TPSA) is 95.7 Å². The summed E-state index contributed by atoms with van der Waals surface area (Å²) < 4.78 is 0. The lowest BCUT2D eigenvalue weighted by Crippen LogP contribution is -2.50. The van der Waals surface area contributed by atoms with Crippen LogP contribution >= 0.6 is 0 Å². The van der Waals surface area contributed by atoms with Gasteiger partial charge in [0.15, 0.2) is 0 Å². The monoisotopic (exact) mass is 243 g/mol. The Labute approximate surface area is 101 Å². The highest BCUT2D eigenvalue weighted by molar-refractivity contribution is 5.86. The molecule has 6 heteroatoms. The summed E-state index contributed by atoms with van der Waals surface area (Å²) in [6, 6.07) is -1.28. The van der Waals surface area contributed by atoms with Crippen LogP contribution in [0.25, 0.3) is 0 Å². The van der Waals surface area contributed by atoms with Gasteiger partial charge in [-0.3, -0.25) is 4.79 Å². The van der Waals surface area contributed by atoms with E-state index in [2.05, 4.69) is 5.32 Å². The van der Waals surface area contributed by atoms with Gasteiger partial charge in [-0.15, -0.1) is 0 Å². The third-order valence-electron chi connectivity index (χ3n) is 2.80. The largest absolute Gasteiger partial charge is 0.391 e. The van der Waals surface area contributed by atoms with Crippen LogP contribution in [0.5, 0.6) is 0 Å². The third-order valence-corrected chi connectivity index (χ3v) is 2.80. The number of β-amino-alcohol motifs (C(OH)–C–C–N with tert-alkyl or cyclic N) is 1. The number of hydrogen-bond acceptors (Lipinski definition) is 3. The van der Waals surface area contributed by atoms with Crippen molar-refractivity contribution in [2.45, 2.75) is 38.8 Å². The van der Waals surface area contributed by atoms with Crippen molar-refractivity contribution in [1.82, 2.24) is 10.2 Å². The first kappa shape index (κ1) is 13.8. The summed E-state index contributed by atoms with van der Waals surface area (Å²) in [5, 5.41) is 11.9. The van der Waals surface area contributed by atoms with E-state index in [-0.39, 0.29) is 11.8 Å². The molecule has 0 bridgehead atoms. The first-order chi connectivity index (χ1) is 7.90.